The molecule has 0 fully saturated rings. The van der Waals surface area contributed by atoms with Gasteiger partial charge in [0.15, 0.2) is 0 Å². The van der Waals surface area contributed by atoms with Crippen LogP contribution in [0.15, 0.2) is 72.9 Å². The molecule has 0 heterocycles. The second-order valence-corrected chi connectivity index (χ2v) is 24.9. The lowest BCUT2D eigenvalue weighted by atomic mass is 10.0. The molecule has 0 aromatic heterocycles. The van der Waals surface area contributed by atoms with E-state index >= 15 is 0 Å². The monoisotopic (exact) mass is 1100 g/mol. The van der Waals surface area contributed by atoms with Crippen molar-refractivity contribution in [3.05, 3.63) is 72.9 Å². The summed E-state index contributed by atoms with van der Waals surface area (Å²) in [4.78, 5) is 25.6. The second-order valence-electron chi connectivity index (χ2n) is 23.4. The third-order valence-corrected chi connectivity index (χ3v) is 15.7. The summed E-state index contributed by atoms with van der Waals surface area (Å²) in [7, 11) is 1.31. The summed E-state index contributed by atoms with van der Waals surface area (Å²) < 4.78 is 23.5. The summed E-state index contributed by atoms with van der Waals surface area (Å²) in [6, 6.07) is -0.805. The number of amides is 1. The fraction of sp³-hybridized carbons (Fsp3) is 0.809. The summed E-state index contributed by atoms with van der Waals surface area (Å²) in [5.41, 5.74) is 0. The van der Waals surface area contributed by atoms with E-state index in [4.69, 9.17) is 9.05 Å². The highest BCUT2D eigenvalue weighted by Crippen LogP contribution is 2.38. The van der Waals surface area contributed by atoms with Crippen molar-refractivity contribution in [3.63, 3.8) is 0 Å². The molecule has 0 rings (SSSR count). The fourth-order valence-electron chi connectivity index (χ4n) is 9.64. The number of hydrogen-bond acceptors (Lipinski definition) is 6. The maximum Gasteiger partial charge on any atom is 0.268 e. The molecule has 77 heavy (non-hydrogen) atoms. The molecule has 0 aromatic rings. The van der Waals surface area contributed by atoms with Crippen LogP contribution in [0.2, 0.25) is 0 Å². The molecule has 8 nitrogen and oxygen atoms in total. The molecule has 0 radical (unpaired) electrons. The molecule has 0 spiro atoms. The van der Waals surface area contributed by atoms with Gasteiger partial charge in [-0.15, -0.1) is 0 Å². The van der Waals surface area contributed by atoms with E-state index in [1.807, 2.05) is 21.1 Å². The molecule has 0 aromatic carbocycles. The minimum absolute atomic E-state index is 0.0110. The summed E-state index contributed by atoms with van der Waals surface area (Å²) in [6.07, 6.45) is 80.9. The lowest BCUT2D eigenvalue weighted by molar-refractivity contribution is -0.870. The van der Waals surface area contributed by atoms with E-state index in [2.05, 4.69) is 92.1 Å². The van der Waals surface area contributed by atoms with Crippen LogP contribution in [0.25, 0.3) is 0 Å². The minimum Gasteiger partial charge on any atom is -0.756 e. The molecule has 2 N–H and O–H groups in total. The molecule has 1 amide bonds. The van der Waals surface area contributed by atoms with Gasteiger partial charge in [-0.3, -0.25) is 9.36 Å². The average Bonchev–Trinajstić information content (AvgIpc) is 3.39. The molecule has 3 unspecified atom stereocenters. The third kappa shape index (κ3) is 61.4. The number of carbonyl (C=O) groups excluding carboxylic acids is 1. The quantitative estimate of drug-likeness (QED) is 0.0272. The highest BCUT2D eigenvalue weighted by atomic mass is 31.2. The second kappa shape index (κ2) is 58.6. The van der Waals surface area contributed by atoms with E-state index in [0.717, 1.165) is 77.0 Å². The molecule has 9 heteroatoms. The highest BCUT2D eigenvalue weighted by Gasteiger charge is 2.24. The normalized spacial score (nSPS) is 14.2. The summed E-state index contributed by atoms with van der Waals surface area (Å²) in [6.45, 7) is 4.64. The molecule has 0 aliphatic rings. The van der Waals surface area contributed by atoms with Gasteiger partial charge in [-0.1, -0.05) is 305 Å². The number of aliphatic hydroxyl groups excluding tert-OH is 1. The van der Waals surface area contributed by atoms with Crippen LogP contribution in [0.3, 0.4) is 0 Å². The van der Waals surface area contributed by atoms with Crippen molar-refractivity contribution in [2.45, 2.75) is 315 Å². The number of phosphoric ester groups is 1. The van der Waals surface area contributed by atoms with Crippen molar-refractivity contribution in [1.82, 2.24) is 5.32 Å². The Labute approximate surface area is 478 Å². The van der Waals surface area contributed by atoms with Gasteiger partial charge in [0.1, 0.15) is 13.2 Å². The van der Waals surface area contributed by atoms with Crippen molar-refractivity contribution in [2.75, 3.05) is 40.9 Å². The molecular formula is C68H127N2O6P. The van der Waals surface area contributed by atoms with Gasteiger partial charge < -0.3 is 28.8 Å². The molecular weight excluding hydrogens is 972 g/mol. The van der Waals surface area contributed by atoms with Crippen LogP contribution in [0.4, 0.5) is 0 Å². The summed E-state index contributed by atoms with van der Waals surface area (Å²) in [5, 5.41) is 14.1. The Hall–Kier alpha value is -2.06. The highest BCUT2D eigenvalue weighted by molar-refractivity contribution is 7.45. The predicted octanol–water partition coefficient (Wildman–Crippen LogP) is 20.0. The standard InChI is InChI=1S/C68H127N2O6P/c1-6-8-10-12-14-16-18-20-22-24-26-28-30-31-32-33-34-35-36-37-38-39-40-42-44-46-48-50-52-54-56-58-60-62-68(72)69-66(65-76-77(73,74)75-64-63-70(3,4)5)67(71)61-59-57-55-53-51-49-47-45-43-41-29-27-25-23-21-19-17-15-13-11-9-7-2/h8,10,14,16,20,22,26,28,31-32,34-35,66-67,71H,6-7,9,11-13,15,17-19,21,23-25,27,29-30,33,36-65H2,1-5H3,(H-,69,72,73,74)/b10-8-,16-14-,22-20-,28-26-,32-31-,35-34-. The zero-order valence-electron chi connectivity index (χ0n) is 51.4. The lowest BCUT2D eigenvalue weighted by Gasteiger charge is -2.30. The van der Waals surface area contributed by atoms with Crippen LogP contribution in [-0.4, -0.2) is 68.5 Å². The first kappa shape index (κ1) is 74.9. The van der Waals surface area contributed by atoms with Crippen LogP contribution in [0.1, 0.15) is 303 Å². The number of rotatable bonds is 60. The van der Waals surface area contributed by atoms with Crippen molar-refractivity contribution in [1.29, 1.82) is 0 Å². The fourth-order valence-corrected chi connectivity index (χ4v) is 10.4. The predicted molar refractivity (Wildman–Crippen MR) is 334 cm³/mol. The number of phosphoric acid groups is 1. The molecule has 3 atom stereocenters. The molecule has 0 saturated carbocycles. The van der Waals surface area contributed by atoms with Gasteiger partial charge in [-0.05, 0) is 64.2 Å². The van der Waals surface area contributed by atoms with Crippen LogP contribution < -0.4 is 10.2 Å². The largest absolute Gasteiger partial charge is 0.756 e. The number of likely N-dealkylation sites (N-methyl/N-ethyl adjacent to an activating group) is 1. The Bertz CT molecular complexity index is 1480. The number of allylic oxidation sites excluding steroid dienone is 12. The van der Waals surface area contributed by atoms with Crippen molar-refractivity contribution < 1.29 is 32.9 Å². The number of carbonyl (C=O) groups is 1. The number of nitrogens with one attached hydrogen (secondary N) is 1. The van der Waals surface area contributed by atoms with Crippen LogP contribution in [0.5, 0.6) is 0 Å². The first-order valence-corrected chi connectivity index (χ1v) is 34.2. The van der Waals surface area contributed by atoms with Gasteiger partial charge in [0, 0.05) is 6.42 Å². The number of nitrogens with zero attached hydrogens (tertiary/aromatic N) is 1. The van der Waals surface area contributed by atoms with Gasteiger partial charge in [0.25, 0.3) is 7.82 Å². The average molecular weight is 1100 g/mol. The Morgan fingerprint density at radius 3 is 1.16 bits per heavy atom. The van der Waals surface area contributed by atoms with Crippen LogP contribution >= 0.6 is 7.82 Å². The van der Waals surface area contributed by atoms with Crippen molar-refractivity contribution in [3.8, 4) is 0 Å². The van der Waals surface area contributed by atoms with E-state index in [1.54, 1.807) is 0 Å². The third-order valence-electron chi connectivity index (χ3n) is 14.7. The maximum absolute atomic E-state index is 13.0. The Morgan fingerprint density at radius 1 is 0.468 bits per heavy atom. The van der Waals surface area contributed by atoms with Crippen molar-refractivity contribution >= 4 is 13.7 Å². The minimum atomic E-state index is -4.58. The Kier molecular flexibility index (Phi) is 57.0. The van der Waals surface area contributed by atoms with E-state index < -0.39 is 20.0 Å². The van der Waals surface area contributed by atoms with Gasteiger partial charge in [0.05, 0.1) is 39.9 Å². The molecule has 450 valence electrons. The molecule has 0 aliphatic heterocycles. The van der Waals surface area contributed by atoms with E-state index in [0.29, 0.717) is 23.9 Å². The van der Waals surface area contributed by atoms with Gasteiger partial charge >= 0.3 is 0 Å². The zero-order chi connectivity index (χ0) is 56.3. The van der Waals surface area contributed by atoms with Gasteiger partial charge in [-0.25, -0.2) is 0 Å². The first-order valence-electron chi connectivity index (χ1n) is 32.8. The Morgan fingerprint density at radius 2 is 0.792 bits per heavy atom. The molecule has 0 bridgehead atoms. The molecule has 0 aliphatic carbocycles. The Balaban J connectivity index is 4.07. The number of aliphatic hydroxyl groups is 1. The summed E-state index contributed by atoms with van der Waals surface area (Å²) >= 11 is 0. The number of hydrogen-bond donors (Lipinski definition) is 2. The van der Waals surface area contributed by atoms with Gasteiger partial charge in [0.2, 0.25) is 5.91 Å². The first-order chi connectivity index (χ1) is 37.5. The smallest absolute Gasteiger partial charge is 0.268 e. The van der Waals surface area contributed by atoms with Crippen molar-refractivity contribution in [2.24, 2.45) is 0 Å². The summed E-state index contributed by atoms with van der Waals surface area (Å²) in [5.74, 6) is -0.164. The van der Waals surface area contributed by atoms with E-state index in [9.17, 15) is 19.4 Å². The zero-order valence-corrected chi connectivity index (χ0v) is 52.3. The van der Waals surface area contributed by atoms with Crippen LogP contribution in [0, 0.1) is 0 Å². The van der Waals surface area contributed by atoms with E-state index in [1.165, 1.54) is 199 Å². The lowest BCUT2D eigenvalue weighted by Crippen LogP contribution is -2.46. The topological polar surface area (TPSA) is 108 Å². The maximum atomic E-state index is 13.0. The molecule has 0 saturated heterocycles. The van der Waals surface area contributed by atoms with E-state index in [-0.39, 0.29) is 19.1 Å². The van der Waals surface area contributed by atoms with Crippen LogP contribution in [-0.2, 0) is 18.4 Å². The van der Waals surface area contributed by atoms with Gasteiger partial charge in [-0.2, -0.15) is 0 Å². The number of quaternary nitrogens is 1. The number of unbranched alkanes of at least 4 members (excludes halogenated alkanes) is 35. The SMILES string of the molecule is CC/C=C\C/C=C\C/C=C\C/C=C\C/C=C\C/C=C\CCCCCCCCCCCCCCCCC(=O)NC(COP(=O)([O-])OCC[N+](C)(C)C)C(O)CCCCCCCCCCCCCCCCCCCCCCCC.